The summed E-state index contributed by atoms with van der Waals surface area (Å²) in [6.45, 7) is 9.20. The van der Waals surface area contributed by atoms with Gasteiger partial charge < -0.3 is 93.8 Å². The number of carboxylic acids is 3. The summed E-state index contributed by atoms with van der Waals surface area (Å²) in [5.74, 6) is -28.5. The number of hydrogen-bond donors (Lipinski definition) is 17. The molecular weight excluding hydrogens is 1740 g/mol. The first kappa shape index (κ1) is 113. The number of benzene rings is 3. The van der Waals surface area contributed by atoms with Gasteiger partial charge in [0.05, 0.1) is 116 Å². The van der Waals surface area contributed by atoms with Crippen LogP contribution >= 0.6 is 23.5 Å². The molecule has 0 radical (unpaired) electrons. The Balaban J connectivity index is 1.52. The van der Waals surface area contributed by atoms with Crippen molar-refractivity contribution in [1.29, 1.82) is 0 Å². The second-order valence-electron chi connectivity index (χ2n) is 34.2. The van der Waals surface area contributed by atoms with Gasteiger partial charge in [-0.1, -0.05) is 95.1 Å². The first-order valence-electron chi connectivity index (χ1n) is 44.2. The Bertz CT molecular complexity index is 4340. The maximum atomic E-state index is 14.8. The highest BCUT2D eigenvalue weighted by molar-refractivity contribution is 8.00. The smallest absolute Gasteiger partial charge is 0.304 e. The Morgan fingerprint density at radius 1 is 0.458 bits per heavy atom. The predicted octanol–water partition coefficient (Wildman–Crippen LogP) is 2.64. The molecule has 0 bridgehead atoms. The van der Waals surface area contributed by atoms with Crippen molar-refractivity contribution in [2.45, 2.75) is 232 Å². The third kappa shape index (κ3) is 42.2. The lowest BCUT2D eigenvalue weighted by Crippen LogP contribution is -2.52. The maximum Gasteiger partial charge on any atom is 0.304 e. The summed E-state index contributed by atoms with van der Waals surface area (Å²) in [4.78, 5) is 261. The standard InChI is InChI=1S/C92H131N9O28S2/c1-8-53(4)85(80(115)40-61(34-58-19-24-65(106)25-20-58)88(125)96-72(33-52(2)3)76(111)38-62(42-83(119)120)87(124)95-54(5)15-12-13-29-93)100-90(127)64(47-102)41-77(112)73(36-59-21-26-66(107)27-22-59)97-89(126)63(43-84(121)122)39-78(113)75(48-103)99-92(129)71(56(7)105)45-79(114)74(35-57-16-10-9-11-17-57)98-91(128)70(55(6)104)44-68(109)46-94-86(123)60(23-28-82(117)118)37-69(110)50-131-49-67(108)18-14-30-101-31-32-130-51-81(101)116/h9-11,16-17,19-22,24-27,52-56,60-64,70-75,85,102-107H,8,12-15,18,23,28-51,93H2,1-7H3,(H,94,123)(H,95,124)(H,96,125)(H,97,126)(H,98,128)(H,99,129)(H,100,127)(H,117,118)(H,119,120)(H,121,122)/t53-,54+,55+,56+,60+,61+,62-,63-,64-,70-,71-,72-,73-,74-,75-,85-/m0/s1. The number of aliphatic carboxylic acids is 3. The van der Waals surface area contributed by atoms with E-state index in [0.29, 0.717) is 62.2 Å². The molecule has 39 heteroatoms. The molecule has 724 valence electrons. The molecule has 3 aromatic carbocycles. The number of phenols is 2. The second kappa shape index (κ2) is 58.9. The van der Waals surface area contributed by atoms with Gasteiger partial charge in [-0.15, -0.1) is 11.8 Å². The van der Waals surface area contributed by atoms with E-state index < -0.39 is 280 Å². The van der Waals surface area contributed by atoms with Crippen LogP contribution in [0.2, 0.25) is 0 Å². The predicted molar refractivity (Wildman–Crippen MR) is 482 cm³/mol. The summed E-state index contributed by atoms with van der Waals surface area (Å²) in [5.41, 5.74) is 6.78. The number of aromatic hydroxyl groups is 2. The fourth-order valence-electron chi connectivity index (χ4n) is 14.8. The van der Waals surface area contributed by atoms with Gasteiger partial charge in [0.1, 0.15) is 29.1 Å². The zero-order valence-corrected chi connectivity index (χ0v) is 77.0. The van der Waals surface area contributed by atoms with Crippen LogP contribution in [0.4, 0.5) is 0 Å². The molecule has 1 fully saturated rings. The monoisotopic (exact) mass is 1870 g/mol. The van der Waals surface area contributed by atoms with E-state index >= 15 is 0 Å². The molecule has 1 heterocycles. The number of phenolic OH excluding ortho intramolecular Hbond substituents is 2. The fraction of sp³-hybridized carbons (Fsp3) is 0.598. The molecule has 1 aliphatic heterocycles. The van der Waals surface area contributed by atoms with Gasteiger partial charge in [0, 0.05) is 94.5 Å². The normalized spacial score (nSPS) is 15.8. The number of unbranched alkanes of at least 4 members (excludes halogenated alkanes) is 1. The number of carboxylic acid groups (broad SMARTS) is 3. The number of aliphatic hydroxyl groups excluding tert-OH is 4. The molecule has 3 aromatic rings. The lowest BCUT2D eigenvalue weighted by Gasteiger charge is -2.28. The maximum absolute atomic E-state index is 14.8. The van der Waals surface area contributed by atoms with E-state index in [1.807, 2.05) is 0 Å². The minimum absolute atomic E-state index is 0.00121. The molecule has 18 N–H and O–H groups in total. The van der Waals surface area contributed by atoms with Crippen LogP contribution in [-0.2, 0) is 110 Å². The van der Waals surface area contributed by atoms with Crippen LogP contribution in [0.5, 0.6) is 11.5 Å². The van der Waals surface area contributed by atoms with Crippen molar-refractivity contribution < 1.29 is 137 Å². The summed E-state index contributed by atoms with van der Waals surface area (Å²) < 4.78 is 0. The number of thioether (sulfide) groups is 2. The summed E-state index contributed by atoms with van der Waals surface area (Å²) in [6.07, 6.45) is -9.44. The van der Waals surface area contributed by atoms with Gasteiger partial charge >= 0.3 is 17.9 Å². The summed E-state index contributed by atoms with van der Waals surface area (Å²) >= 11 is 2.54. The first-order valence-corrected chi connectivity index (χ1v) is 46.5. The first-order chi connectivity index (χ1) is 61.9. The van der Waals surface area contributed by atoms with E-state index in [1.54, 1.807) is 69.9 Å². The van der Waals surface area contributed by atoms with E-state index in [0.717, 1.165) is 31.4 Å². The van der Waals surface area contributed by atoms with Gasteiger partial charge in [-0.2, -0.15) is 11.8 Å². The van der Waals surface area contributed by atoms with Gasteiger partial charge in [0.25, 0.3) is 0 Å². The lowest BCUT2D eigenvalue weighted by molar-refractivity contribution is -0.143. The van der Waals surface area contributed by atoms with Gasteiger partial charge in [-0.25, -0.2) is 0 Å². The van der Waals surface area contributed by atoms with Crippen molar-refractivity contribution in [3.63, 3.8) is 0 Å². The van der Waals surface area contributed by atoms with Gasteiger partial charge in [0.15, 0.2) is 34.7 Å². The van der Waals surface area contributed by atoms with Crippen molar-refractivity contribution in [2.24, 2.45) is 59.0 Å². The summed E-state index contributed by atoms with van der Waals surface area (Å²) in [5, 5.41) is 111. The highest BCUT2D eigenvalue weighted by Crippen LogP contribution is 2.27. The van der Waals surface area contributed by atoms with E-state index in [4.69, 9.17) is 5.73 Å². The number of aliphatic hydroxyl groups is 4. The molecule has 8 amide bonds. The number of Topliss-reactive ketones (excluding diaryl/α,β-unsaturated/α-hetero) is 8. The number of carbonyl (C=O) groups is 19. The Kier molecular flexibility index (Phi) is 50.7. The van der Waals surface area contributed by atoms with Gasteiger partial charge in [0.2, 0.25) is 47.3 Å². The van der Waals surface area contributed by atoms with E-state index in [-0.39, 0.29) is 90.7 Å². The zero-order valence-electron chi connectivity index (χ0n) is 75.4. The third-order valence-corrected chi connectivity index (χ3v) is 24.6. The molecular formula is C92H131N9O28S2. The molecule has 0 aliphatic carbocycles. The highest BCUT2D eigenvalue weighted by Gasteiger charge is 2.41. The average molecular weight is 1880 g/mol. The van der Waals surface area contributed by atoms with E-state index in [2.05, 4.69) is 37.2 Å². The van der Waals surface area contributed by atoms with E-state index in [9.17, 15) is 137 Å². The van der Waals surface area contributed by atoms with Crippen LogP contribution < -0.4 is 43.0 Å². The second-order valence-corrected chi connectivity index (χ2v) is 36.3. The largest absolute Gasteiger partial charge is 0.508 e. The summed E-state index contributed by atoms with van der Waals surface area (Å²) in [7, 11) is 0. The minimum atomic E-state index is -1.99. The van der Waals surface area contributed by atoms with Crippen LogP contribution in [0.15, 0.2) is 78.9 Å². The number of ketones is 8. The molecule has 1 aliphatic rings. The van der Waals surface area contributed by atoms with Crippen molar-refractivity contribution in [3.05, 3.63) is 95.6 Å². The number of amides is 8. The van der Waals surface area contributed by atoms with Gasteiger partial charge in [-0.05, 0) is 131 Å². The van der Waals surface area contributed by atoms with Crippen molar-refractivity contribution in [1.82, 2.24) is 42.1 Å². The van der Waals surface area contributed by atoms with Crippen molar-refractivity contribution in [2.75, 3.05) is 62.4 Å². The Hall–Kier alpha value is -10.7. The lowest BCUT2D eigenvalue weighted by atomic mass is 9.85. The minimum Gasteiger partial charge on any atom is -0.508 e. The number of hydrogen-bond acceptors (Lipinski definition) is 28. The van der Waals surface area contributed by atoms with Crippen LogP contribution in [-0.4, -0.2) is 273 Å². The molecule has 0 saturated carbocycles. The SMILES string of the molecule is CC[C@H](C)[C@H](NC(=O)[C@H](CO)CC(=O)[C@H](Cc1ccc(O)cc1)NC(=O)[C@H](CC(=O)O)CC(=O)[C@H](CO)NC(=O)[C@@H](CC(=O)[C@H](Cc1ccccc1)NC(=O)[C@@H](CC(=O)CNC(=O)[C@H](CCC(=O)O)CC(=O)CSCC(=O)CCCN1CCSCC1=O)[C@@H](C)O)[C@@H](C)O)C(=O)C[C@@H](Cc1ccc(O)cc1)C(=O)N[C@@H](CC(C)C)C(=O)C[C@@H](CC(=O)O)C(=O)N[C@H](C)CCCCN. The quantitative estimate of drug-likeness (QED) is 0.0361. The number of nitrogens with zero attached hydrogens (tertiary/aromatic N) is 1. The van der Waals surface area contributed by atoms with Gasteiger partial charge in [-0.3, -0.25) is 91.1 Å². The average Bonchev–Trinajstić information content (AvgIpc) is 0.834. The zero-order chi connectivity index (χ0) is 97.7. The number of rotatable bonds is 67. The Morgan fingerprint density at radius 2 is 0.939 bits per heavy atom. The van der Waals surface area contributed by atoms with Crippen LogP contribution in [0, 0.1) is 53.3 Å². The van der Waals surface area contributed by atoms with Crippen LogP contribution in [0.3, 0.4) is 0 Å². The molecule has 0 spiro atoms. The Labute approximate surface area is 770 Å². The van der Waals surface area contributed by atoms with Crippen molar-refractivity contribution in [3.8, 4) is 11.5 Å². The number of nitrogens with one attached hydrogen (secondary N) is 7. The highest BCUT2D eigenvalue weighted by atomic mass is 32.2. The molecule has 0 unspecified atom stereocenters. The van der Waals surface area contributed by atoms with Crippen molar-refractivity contribution >= 4 is 135 Å². The number of nitrogens with two attached hydrogens (primary N) is 1. The molecule has 0 aromatic heterocycles. The summed E-state index contributed by atoms with van der Waals surface area (Å²) in [6, 6.07) is 10.5. The Morgan fingerprint density at radius 3 is 1.47 bits per heavy atom. The van der Waals surface area contributed by atoms with Crippen LogP contribution in [0.1, 0.15) is 181 Å². The topological polar surface area (TPSA) is 620 Å². The molecule has 4 rings (SSSR count). The molecule has 1 saturated heterocycles. The molecule has 37 nitrogen and oxygen atoms in total. The molecule has 16 atom stereocenters. The van der Waals surface area contributed by atoms with Crippen LogP contribution in [0.25, 0.3) is 0 Å². The fourth-order valence-corrected chi connectivity index (χ4v) is 16.5. The number of carbonyl (C=O) groups excluding carboxylic acids is 16. The van der Waals surface area contributed by atoms with E-state index in [1.165, 1.54) is 60.3 Å². The third-order valence-electron chi connectivity index (χ3n) is 22.7. The molecule has 131 heavy (non-hydrogen) atoms.